The van der Waals surface area contributed by atoms with Crippen LogP contribution >= 0.6 is 0 Å². The third-order valence-corrected chi connectivity index (χ3v) is 4.90. The quantitative estimate of drug-likeness (QED) is 0.869. The number of hydrogen-bond donors (Lipinski definition) is 0. The van der Waals surface area contributed by atoms with Crippen molar-refractivity contribution in [1.82, 2.24) is 4.90 Å². The van der Waals surface area contributed by atoms with Gasteiger partial charge >= 0.3 is 0 Å². The second-order valence-electron chi connectivity index (χ2n) is 6.20. The number of alkyl halides is 1. The molecule has 0 aromatic heterocycles. The Kier molecular flexibility index (Phi) is 3.07. The summed E-state index contributed by atoms with van der Waals surface area (Å²) < 4.78 is 19.8. The molecule has 23 heavy (non-hydrogen) atoms. The number of hydrogen-bond acceptors (Lipinski definition) is 2. The first-order chi connectivity index (χ1) is 11.1. The summed E-state index contributed by atoms with van der Waals surface area (Å²) in [5.41, 5.74) is 2.24. The van der Waals surface area contributed by atoms with Gasteiger partial charge in [0.05, 0.1) is 6.04 Å². The highest BCUT2D eigenvalue weighted by Gasteiger charge is 2.60. The molecule has 2 aromatic carbocycles. The van der Waals surface area contributed by atoms with E-state index >= 15 is 0 Å². The Morgan fingerprint density at radius 1 is 1.13 bits per heavy atom. The van der Waals surface area contributed by atoms with Gasteiger partial charge in [-0.1, -0.05) is 42.5 Å². The molecule has 0 radical (unpaired) electrons. The molecule has 4 rings (SSSR count). The number of benzene rings is 2. The number of amides is 1. The average molecular weight is 311 g/mol. The summed E-state index contributed by atoms with van der Waals surface area (Å²) in [6.45, 7) is 1.99. The van der Waals surface area contributed by atoms with Gasteiger partial charge in [0.25, 0.3) is 5.91 Å². The molecule has 0 saturated heterocycles. The minimum absolute atomic E-state index is 0.157. The van der Waals surface area contributed by atoms with Crippen LogP contribution in [0.4, 0.5) is 4.39 Å². The summed E-state index contributed by atoms with van der Waals surface area (Å²) in [5, 5.41) is 0. The fraction of sp³-hybridized carbons (Fsp3) is 0.316. The second-order valence-corrected chi connectivity index (χ2v) is 6.20. The van der Waals surface area contributed by atoms with Gasteiger partial charge in [-0.15, -0.1) is 0 Å². The van der Waals surface area contributed by atoms with Crippen molar-refractivity contribution in [2.75, 3.05) is 7.11 Å². The third kappa shape index (κ3) is 1.81. The van der Waals surface area contributed by atoms with E-state index in [0.29, 0.717) is 12.0 Å². The number of carbonyl (C=O) groups excluding carboxylic acids is 1. The van der Waals surface area contributed by atoms with Crippen LogP contribution < -0.4 is 0 Å². The van der Waals surface area contributed by atoms with Crippen LogP contribution in [0.3, 0.4) is 0 Å². The zero-order valence-electron chi connectivity index (χ0n) is 13.1. The minimum atomic E-state index is -1.05. The summed E-state index contributed by atoms with van der Waals surface area (Å²) in [7, 11) is 1.59. The summed E-state index contributed by atoms with van der Waals surface area (Å²) in [6.07, 6.45) is -0.608. The second kappa shape index (κ2) is 4.90. The maximum Gasteiger partial charge on any atom is 0.257 e. The van der Waals surface area contributed by atoms with Gasteiger partial charge < -0.3 is 4.74 Å². The van der Waals surface area contributed by atoms with Crippen LogP contribution in [0.15, 0.2) is 48.5 Å². The topological polar surface area (TPSA) is 29.5 Å². The number of nitrogens with zero attached hydrogens (tertiary/aromatic N) is 1. The zero-order chi connectivity index (χ0) is 16.2. The minimum Gasteiger partial charge on any atom is -0.350 e. The number of rotatable bonds is 3. The van der Waals surface area contributed by atoms with Gasteiger partial charge in [0.15, 0.2) is 5.72 Å². The molecule has 0 spiro atoms. The van der Waals surface area contributed by atoms with E-state index in [1.54, 1.807) is 18.1 Å². The number of aryl methyl sites for hydroxylation is 1. The maximum absolute atomic E-state index is 13.9. The first-order valence-electron chi connectivity index (χ1n) is 7.79. The van der Waals surface area contributed by atoms with Crippen molar-refractivity contribution in [3.63, 3.8) is 0 Å². The number of ether oxygens (including phenoxy) is 1. The van der Waals surface area contributed by atoms with Gasteiger partial charge in [0, 0.05) is 30.2 Å². The Morgan fingerprint density at radius 3 is 2.35 bits per heavy atom. The Bertz CT molecular complexity index is 790. The third-order valence-electron chi connectivity index (χ3n) is 4.90. The average Bonchev–Trinajstić information content (AvgIpc) is 3.22. The molecule has 1 fully saturated rings. The molecule has 118 valence electrons. The molecule has 2 aromatic rings. The van der Waals surface area contributed by atoms with Crippen LogP contribution in [0.2, 0.25) is 0 Å². The van der Waals surface area contributed by atoms with Crippen LogP contribution in [0, 0.1) is 6.92 Å². The molecule has 1 aliphatic carbocycles. The molecule has 4 heteroatoms. The van der Waals surface area contributed by atoms with Crippen molar-refractivity contribution in [2.24, 2.45) is 0 Å². The van der Waals surface area contributed by atoms with E-state index in [4.69, 9.17) is 4.74 Å². The fourth-order valence-electron chi connectivity index (χ4n) is 3.72. The van der Waals surface area contributed by atoms with Gasteiger partial charge in [0.1, 0.15) is 6.17 Å². The molecule has 1 aliphatic heterocycles. The molecule has 0 N–H and O–H groups in total. The first-order valence-corrected chi connectivity index (χ1v) is 7.79. The number of halogens is 1. The molecule has 3 nitrogen and oxygen atoms in total. The van der Waals surface area contributed by atoms with E-state index in [0.717, 1.165) is 16.7 Å². The van der Waals surface area contributed by atoms with Crippen molar-refractivity contribution in [1.29, 1.82) is 0 Å². The highest BCUT2D eigenvalue weighted by molar-refractivity contribution is 6.01. The molecule has 0 bridgehead atoms. The highest BCUT2D eigenvalue weighted by Crippen LogP contribution is 2.51. The number of methoxy groups -OCH3 is 1. The van der Waals surface area contributed by atoms with E-state index in [1.165, 1.54) is 0 Å². The molecule has 1 amide bonds. The molecule has 3 atom stereocenters. The van der Waals surface area contributed by atoms with Gasteiger partial charge in [-0.05, 0) is 18.6 Å². The maximum atomic E-state index is 13.9. The number of fused-ring (bicyclic) bond motifs is 1. The van der Waals surface area contributed by atoms with Gasteiger partial charge in [-0.3, -0.25) is 9.69 Å². The lowest BCUT2D eigenvalue weighted by Gasteiger charge is -2.39. The monoisotopic (exact) mass is 311 g/mol. The van der Waals surface area contributed by atoms with Gasteiger partial charge in [-0.2, -0.15) is 0 Å². The van der Waals surface area contributed by atoms with E-state index in [2.05, 4.69) is 0 Å². The predicted octanol–water partition coefficient (Wildman–Crippen LogP) is 3.41. The Labute approximate surface area is 134 Å². The van der Waals surface area contributed by atoms with Crippen molar-refractivity contribution in [3.8, 4) is 0 Å². The van der Waals surface area contributed by atoms with Crippen LogP contribution in [0.5, 0.6) is 0 Å². The van der Waals surface area contributed by atoms with Crippen LogP contribution in [0.25, 0.3) is 0 Å². The smallest absolute Gasteiger partial charge is 0.257 e. The molecule has 1 heterocycles. The van der Waals surface area contributed by atoms with Crippen molar-refractivity contribution < 1.29 is 13.9 Å². The molecule has 1 saturated carbocycles. The zero-order valence-corrected chi connectivity index (χ0v) is 13.1. The fourth-order valence-corrected chi connectivity index (χ4v) is 3.72. The summed E-state index contributed by atoms with van der Waals surface area (Å²) >= 11 is 0. The highest BCUT2D eigenvalue weighted by atomic mass is 19.1. The first kappa shape index (κ1) is 14.4. The van der Waals surface area contributed by atoms with Crippen LogP contribution in [-0.2, 0) is 10.5 Å². The van der Waals surface area contributed by atoms with E-state index in [-0.39, 0.29) is 5.91 Å². The SMILES string of the molecule is COC1(c2ccccc2C)c2ccccc2C(=O)N1[C@H]1C[C@H]1F. The van der Waals surface area contributed by atoms with Crippen molar-refractivity contribution in [3.05, 3.63) is 70.8 Å². The van der Waals surface area contributed by atoms with Crippen molar-refractivity contribution >= 4 is 5.91 Å². The lowest BCUT2D eigenvalue weighted by Crippen LogP contribution is -2.48. The Morgan fingerprint density at radius 2 is 1.74 bits per heavy atom. The molecule has 2 aliphatic rings. The number of carbonyl (C=O) groups is 1. The van der Waals surface area contributed by atoms with E-state index in [1.807, 2.05) is 49.4 Å². The van der Waals surface area contributed by atoms with Gasteiger partial charge in [0.2, 0.25) is 0 Å². The summed E-state index contributed by atoms with van der Waals surface area (Å²) in [5.74, 6) is -0.157. The lowest BCUT2D eigenvalue weighted by molar-refractivity contribution is -0.0889. The lowest BCUT2D eigenvalue weighted by atomic mass is 9.90. The Hall–Kier alpha value is -2.20. The standard InChI is InChI=1S/C19H18FNO2/c1-12-7-3-5-9-14(12)19(23-2)15-10-6-4-8-13(15)18(22)21(19)17-11-16(17)20/h3-10,16-17H,11H2,1-2H3/t16-,17+,19?/m1/s1. The van der Waals surface area contributed by atoms with Crippen molar-refractivity contribution in [2.45, 2.75) is 31.3 Å². The summed E-state index contributed by atoms with van der Waals surface area (Å²) in [6, 6.07) is 14.8. The molecular weight excluding hydrogens is 293 g/mol. The molecular formula is C19H18FNO2. The van der Waals surface area contributed by atoms with E-state index < -0.39 is 17.9 Å². The van der Waals surface area contributed by atoms with E-state index in [9.17, 15) is 9.18 Å². The van der Waals surface area contributed by atoms with Crippen LogP contribution in [0.1, 0.15) is 33.5 Å². The molecule has 1 unspecified atom stereocenters. The Balaban J connectivity index is 2.01. The normalized spacial score (nSPS) is 28.8. The van der Waals surface area contributed by atoms with Gasteiger partial charge in [-0.25, -0.2) is 4.39 Å². The van der Waals surface area contributed by atoms with Crippen LogP contribution in [-0.4, -0.2) is 30.1 Å². The summed E-state index contributed by atoms with van der Waals surface area (Å²) in [4.78, 5) is 14.6. The predicted molar refractivity (Wildman–Crippen MR) is 84.9 cm³/mol. The largest absolute Gasteiger partial charge is 0.350 e.